The van der Waals surface area contributed by atoms with Crippen LogP contribution in [0.25, 0.3) is 6.08 Å². The first kappa shape index (κ1) is 8.59. The molecule has 0 atom stereocenters. The third-order valence-corrected chi connectivity index (χ3v) is 1.53. The summed E-state index contributed by atoms with van der Waals surface area (Å²) in [6.45, 7) is 3.65. The van der Waals surface area contributed by atoms with E-state index in [1.54, 1.807) is 32.6 Å². The SMILES string of the molecule is C=Cc1c(OC)ccnc1OC. The highest BCUT2D eigenvalue weighted by Gasteiger charge is 2.05. The Morgan fingerprint density at radius 1 is 1.42 bits per heavy atom. The molecular formula is C9H11NO2. The van der Waals surface area contributed by atoms with Crippen molar-refractivity contribution < 1.29 is 9.47 Å². The molecule has 1 aromatic rings. The van der Waals surface area contributed by atoms with Crippen molar-refractivity contribution in [2.75, 3.05) is 14.2 Å². The summed E-state index contributed by atoms with van der Waals surface area (Å²) in [5.41, 5.74) is 0.780. The third-order valence-electron chi connectivity index (χ3n) is 1.53. The summed E-state index contributed by atoms with van der Waals surface area (Å²) in [6.07, 6.45) is 3.29. The number of aromatic nitrogens is 1. The fourth-order valence-corrected chi connectivity index (χ4v) is 0.966. The molecule has 0 amide bonds. The van der Waals surface area contributed by atoms with E-state index in [0.717, 1.165) is 11.3 Å². The van der Waals surface area contributed by atoms with Gasteiger partial charge in [0, 0.05) is 6.20 Å². The van der Waals surface area contributed by atoms with E-state index in [4.69, 9.17) is 9.47 Å². The molecule has 0 saturated carbocycles. The molecule has 0 saturated heterocycles. The molecule has 0 spiro atoms. The third kappa shape index (κ3) is 1.39. The maximum atomic E-state index is 5.09. The van der Waals surface area contributed by atoms with Crippen LogP contribution in [0.15, 0.2) is 18.8 Å². The second-order valence-electron chi connectivity index (χ2n) is 2.14. The highest BCUT2D eigenvalue weighted by molar-refractivity contribution is 5.60. The van der Waals surface area contributed by atoms with Crippen LogP contribution in [0.4, 0.5) is 0 Å². The van der Waals surface area contributed by atoms with Gasteiger partial charge in [-0.15, -0.1) is 0 Å². The number of ether oxygens (including phenoxy) is 2. The number of hydrogen-bond donors (Lipinski definition) is 0. The summed E-state index contributed by atoms with van der Waals surface area (Å²) in [5.74, 6) is 1.25. The van der Waals surface area contributed by atoms with Gasteiger partial charge in [0.15, 0.2) is 0 Å². The highest BCUT2D eigenvalue weighted by atomic mass is 16.5. The number of methoxy groups -OCH3 is 2. The van der Waals surface area contributed by atoms with Crippen LogP contribution in [0.3, 0.4) is 0 Å². The molecule has 64 valence electrons. The first-order valence-corrected chi connectivity index (χ1v) is 3.53. The molecule has 1 heterocycles. The zero-order valence-corrected chi connectivity index (χ0v) is 7.20. The molecule has 0 N–H and O–H groups in total. The number of pyridine rings is 1. The van der Waals surface area contributed by atoms with Crippen LogP contribution in [-0.4, -0.2) is 19.2 Å². The molecule has 0 radical (unpaired) electrons. The molecule has 0 aliphatic rings. The smallest absolute Gasteiger partial charge is 0.224 e. The zero-order valence-electron chi connectivity index (χ0n) is 7.20. The van der Waals surface area contributed by atoms with Crippen LogP contribution >= 0.6 is 0 Å². The Morgan fingerprint density at radius 3 is 2.67 bits per heavy atom. The van der Waals surface area contributed by atoms with Crippen molar-refractivity contribution in [3.63, 3.8) is 0 Å². The Kier molecular flexibility index (Phi) is 2.69. The standard InChI is InChI=1S/C9H11NO2/c1-4-7-8(11-2)5-6-10-9(7)12-3/h4-6H,1H2,2-3H3. The van der Waals surface area contributed by atoms with E-state index in [1.165, 1.54) is 0 Å². The lowest BCUT2D eigenvalue weighted by Crippen LogP contribution is -1.94. The minimum Gasteiger partial charge on any atom is -0.496 e. The molecule has 0 aliphatic carbocycles. The average Bonchev–Trinajstić information content (AvgIpc) is 2.16. The highest BCUT2D eigenvalue weighted by Crippen LogP contribution is 2.26. The predicted molar refractivity (Wildman–Crippen MR) is 47.4 cm³/mol. The summed E-state index contributed by atoms with van der Waals surface area (Å²) in [4.78, 5) is 4.00. The van der Waals surface area contributed by atoms with Gasteiger partial charge in [-0.3, -0.25) is 0 Å². The van der Waals surface area contributed by atoms with Crippen molar-refractivity contribution in [2.24, 2.45) is 0 Å². The molecule has 0 unspecified atom stereocenters. The van der Waals surface area contributed by atoms with Crippen LogP contribution in [0.1, 0.15) is 5.56 Å². The van der Waals surface area contributed by atoms with Gasteiger partial charge in [-0.2, -0.15) is 0 Å². The maximum Gasteiger partial charge on any atom is 0.224 e. The molecule has 3 nitrogen and oxygen atoms in total. The molecule has 12 heavy (non-hydrogen) atoms. The summed E-state index contributed by atoms with van der Waals surface area (Å²) in [7, 11) is 3.16. The lowest BCUT2D eigenvalue weighted by molar-refractivity contribution is 0.380. The van der Waals surface area contributed by atoms with E-state index >= 15 is 0 Å². The van der Waals surface area contributed by atoms with Gasteiger partial charge in [0.05, 0.1) is 19.8 Å². The number of nitrogens with zero attached hydrogens (tertiary/aromatic N) is 1. The van der Waals surface area contributed by atoms with Crippen LogP contribution in [0, 0.1) is 0 Å². The van der Waals surface area contributed by atoms with Crippen LogP contribution < -0.4 is 9.47 Å². The van der Waals surface area contributed by atoms with Gasteiger partial charge in [-0.1, -0.05) is 12.7 Å². The molecule has 1 aromatic heterocycles. The Labute approximate surface area is 71.6 Å². The number of rotatable bonds is 3. The van der Waals surface area contributed by atoms with Crippen molar-refractivity contribution in [1.82, 2.24) is 4.98 Å². The van der Waals surface area contributed by atoms with Crippen LogP contribution in [-0.2, 0) is 0 Å². The Hall–Kier alpha value is -1.51. The van der Waals surface area contributed by atoms with E-state index in [9.17, 15) is 0 Å². The second kappa shape index (κ2) is 3.76. The predicted octanol–water partition coefficient (Wildman–Crippen LogP) is 1.74. The molecule has 0 aliphatic heterocycles. The fourth-order valence-electron chi connectivity index (χ4n) is 0.966. The summed E-state index contributed by atoms with van der Waals surface area (Å²) in [6, 6.07) is 1.76. The molecule has 0 fully saturated rings. The van der Waals surface area contributed by atoms with E-state index in [0.29, 0.717) is 5.88 Å². The zero-order chi connectivity index (χ0) is 8.97. The van der Waals surface area contributed by atoms with Gasteiger partial charge < -0.3 is 9.47 Å². The Morgan fingerprint density at radius 2 is 2.17 bits per heavy atom. The summed E-state index contributed by atoms with van der Waals surface area (Å²) < 4.78 is 10.1. The Balaban J connectivity index is 3.21. The normalized spacial score (nSPS) is 9.17. The van der Waals surface area contributed by atoms with Gasteiger partial charge in [0.2, 0.25) is 5.88 Å². The molecule has 0 aromatic carbocycles. The van der Waals surface area contributed by atoms with Gasteiger partial charge in [0.1, 0.15) is 5.75 Å². The van der Waals surface area contributed by atoms with Gasteiger partial charge >= 0.3 is 0 Å². The quantitative estimate of drug-likeness (QED) is 0.683. The van der Waals surface area contributed by atoms with E-state index in [2.05, 4.69) is 11.6 Å². The largest absolute Gasteiger partial charge is 0.496 e. The first-order valence-electron chi connectivity index (χ1n) is 3.53. The summed E-state index contributed by atoms with van der Waals surface area (Å²) in [5, 5.41) is 0. The minimum atomic E-state index is 0.532. The molecular weight excluding hydrogens is 154 g/mol. The maximum absolute atomic E-state index is 5.09. The van der Waals surface area contributed by atoms with Gasteiger partial charge in [-0.25, -0.2) is 4.98 Å². The van der Waals surface area contributed by atoms with Gasteiger partial charge in [0.25, 0.3) is 0 Å². The fraction of sp³-hybridized carbons (Fsp3) is 0.222. The summed E-state index contributed by atoms with van der Waals surface area (Å²) >= 11 is 0. The minimum absolute atomic E-state index is 0.532. The van der Waals surface area contributed by atoms with Crippen molar-refractivity contribution in [1.29, 1.82) is 0 Å². The molecule has 3 heteroatoms. The van der Waals surface area contributed by atoms with E-state index in [-0.39, 0.29) is 0 Å². The average molecular weight is 165 g/mol. The first-order chi connectivity index (χ1) is 5.83. The van der Waals surface area contributed by atoms with Gasteiger partial charge in [-0.05, 0) is 6.07 Å². The van der Waals surface area contributed by atoms with Crippen LogP contribution in [0.5, 0.6) is 11.6 Å². The topological polar surface area (TPSA) is 31.4 Å². The van der Waals surface area contributed by atoms with Crippen molar-refractivity contribution >= 4 is 6.08 Å². The molecule has 0 bridgehead atoms. The number of hydrogen-bond acceptors (Lipinski definition) is 3. The second-order valence-corrected chi connectivity index (χ2v) is 2.14. The molecule has 1 rings (SSSR count). The van der Waals surface area contributed by atoms with Crippen molar-refractivity contribution in [3.05, 3.63) is 24.4 Å². The lowest BCUT2D eigenvalue weighted by Gasteiger charge is -2.07. The van der Waals surface area contributed by atoms with Crippen molar-refractivity contribution in [3.8, 4) is 11.6 Å². The monoisotopic (exact) mass is 165 g/mol. The lowest BCUT2D eigenvalue weighted by atomic mass is 10.2. The van der Waals surface area contributed by atoms with Crippen molar-refractivity contribution in [2.45, 2.75) is 0 Å². The van der Waals surface area contributed by atoms with E-state index < -0.39 is 0 Å². The van der Waals surface area contributed by atoms with Crippen LogP contribution in [0.2, 0.25) is 0 Å². The Bertz CT molecular complexity index is 262. The van der Waals surface area contributed by atoms with E-state index in [1.807, 2.05) is 0 Å².